The molecule has 2 bridgehead atoms. The van der Waals surface area contributed by atoms with Gasteiger partial charge in [0.25, 0.3) is 0 Å². The van der Waals surface area contributed by atoms with Crippen molar-refractivity contribution in [2.24, 2.45) is 5.92 Å². The van der Waals surface area contributed by atoms with Crippen molar-refractivity contribution in [2.45, 2.75) is 76.9 Å². The molecule has 3 fully saturated rings. The van der Waals surface area contributed by atoms with E-state index in [2.05, 4.69) is 19.2 Å². The molecule has 138 valence electrons. The van der Waals surface area contributed by atoms with Crippen molar-refractivity contribution in [2.75, 3.05) is 19.6 Å². The molecule has 0 spiro atoms. The number of fused-ring (bicyclic) bond motifs is 2. The monoisotopic (exact) mass is 357 g/mol. The molecule has 0 aromatic heterocycles. The van der Waals surface area contributed by atoms with Crippen LogP contribution in [0, 0.1) is 5.92 Å². The van der Waals surface area contributed by atoms with Crippen LogP contribution in [0.5, 0.6) is 0 Å². The second-order valence-corrected chi connectivity index (χ2v) is 7.90. The first kappa shape index (κ1) is 19.5. The topological polar surface area (TPSA) is 52.7 Å². The number of nitrogens with zero attached hydrogens (tertiary/aromatic N) is 2. The highest BCUT2D eigenvalue weighted by Gasteiger charge is 2.37. The molecule has 24 heavy (non-hydrogen) atoms. The Morgan fingerprint density at radius 3 is 2.62 bits per heavy atom. The lowest BCUT2D eigenvalue weighted by molar-refractivity contribution is -0.148. The van der Waals surface area contributed by atoms with Crippen molar-refractivity contribution in [3.8, 4) is 0 Å². The summed E-state index contributed by atoms with van der Waals surface area (Å²) in [6.07, 6.45) is 6.84. The summed E-state index contributed by atoms with van der Waals surface area (Å²) in [6.45, 7) is 6.68. The molecule has 3 unspecified atom stereocenters. The second-order valence-electron chi connectivity index (χ2n) is 7.90. The number of hydrogen-bond acceptors (Lipinski definition) is 3. The quantitative estimate of drug-likeness (QED) is 0.839. The van der Waals surface area contributed by atoms with E-state index in [4.69, 9.17) is 0 Å². The average molecular weight is 358 g/mol. The van der Waals surface area contributed by atoms with E-state index in [9.17, 15) is 9.59 Å². The van der Waals surface area contributed by atoms with Gasteiger partial charge in [0.15, 0.2) is 0 Å². The van der Waals surface area contributed by atoms with Gasteiger partial charge in [0.2, 0.25) is 11.8 Å². The number of rotatable bonds is 4. The van der Waals surface area contributed by atoms with Crippen molar-refractivity contribution in [3.63, 3.8) is 0 Å². The van der Waals surface area contributed by atoms with Crippen LogP contribution in [0.3, 0.4) is 0 Å². The molecular weight excluding hydrogens is 326 g/mol. The zero-order valence-electron chi connectivity index (χ0n) is 15.0. The molecule has 3 saturated heterocycles. The van der Waals surface area contributed by atoms with Gasteiger partial charge in [-0.1, -0.05) is 13.8 Å². The molecule has 0 aromatic rings. The molecule has 5 nitrogen and oxygen atoms in total. The Bertz CT molecular complexity index is 458. The fourth-order valence-electron chi connectivity index (χ4n) is 4.32. The van der Waals surface area contributed by atoms with E-state index in [0.717, 1.165) is 45.3 Å². The Morgan fingerprint density at radius 1 is 1.17 bits per heavy atom. The minimum Gasteiger partial charge on any atom is -0.339 e. The van der Waals surface area contributed by atoms with Gasteiger partial charge in [-0.3, -0.25) is 9.59 Å². The molecule has 0 aromatic carbocycles. The van der Waals surface area contributed by atoms with Crippen LogP contribution in [0.15, 0.2) is 0 Å². The van der Waals surface area contributed by atoms with E-state index < -0.39 is 0 Å². The van der Waals surface area contributed by atoms with E-state index in [1.165, 1.54) is 12.8 Å². The summed E-state index contributed by atoms with van der Waals surface area (Å²) < 4.78 is 0. The third-order valence-electron chi connectivity index (χ3n) is 5.55. The number of carbonyl (C=O) groups excluding carboxylic acids is 2. The predicted octanol–water partition coefficient (Wildman–Crippen LogP) is 2.19. The highest BCUT2D eigenvalue weighted by atomic mass is 35.5. The molecule has 0 aliphatic carbocycles. The summed E-state index contributed by atoms with van der Waals surface area (Å²) >= 11 is 0. The zero-order chi connectivity index (χ0) is 16.4. The van der Waals surface area contributed by atoms with Gasteiger partial charge in [0, 0.05) is 38.1 Å². The van der Waals surface area contributed by atoms with E-state index in [0.29, 0.717) is 24.4 Å². The molecule has 3 aliphatic rings. The van der Waals surface area contributed by atoms with E-state index >= 15 is 0 Å². The second kappa shape index (κ2) is 8.52. The van der Waals surface area contributed by atoms with Crippen LogP contribution >= 0.6 is 12.4 Å². The Morgan fingerprint density at radius 2 is 1.92 bits per heavy atom. The van der Waals surface area contributed by atoms with Crippen LogP contribution in [0.2, 0.25) is 0 Å². The third-order valence-corrected chi connectivity index (χ3v) is 5.55. The maximum Gasteiger partial charge on any atom is 0.245 e. The number of likely N-dealkylation sites (tertiary alicyclic amines) is 2. The maximum absolute atomic E-state index is 13.2. The minimum atomic E-state index is -0.251. The van der Waals surface area contributed by atoms with Gasteiger partial charge in [0.05, 0.1) is 0 Å². The highest BCUT2D eigenvalue weighted by molar-refractivity contribution is 5.88. The van der Waals surface area contributed by atoms with E-state index in [1.807, 2.05) is 9.80 Å². The van der Waals surface area contributed by atoms with Crippen molar-refractivity contribution in [1.29, 1.82) is 0 Å². The number of carbonyl (C=O) groups is 2. The van der Waals surface area contributed by atoms with E-state index in [-0.39, 0.29) is 30.3 Å². The lowest BCUT2D eigenvalue weighted by Gasteiger charge is -2.38. The smallest absolute Gasteiger partial charge is 0.245 e. The third kappa shape index (κ3) is 4.42. The largest absolute Gasteiger partial charge is 0.339 e. The first-order valence-corrected chi connectivity index (χ1v) is 9.39. The molecule has 0 radical (unpaired) electrons. The number of nitrogens with one attached hydrogen (secondary N) is 1. The molecule has 3 rings (SSSR count). The molecule has 0 saturated carbocycles. The molecule has 1 N–H and O–H groups in total. The number of hydrogen-bond donors (Lipinski definition) is 1. The van der Waals surface area contributed by atoms with Crippen molar-refractivity contribution in [3.05, 3.63) is 0 Å². The first-order chi connectivity index (χ1) is 11.0. The average Bonchev–Trinajstić information content (AvgIpc) is 2.84. The lowest BCUT2D eigenvalue weighted by atomic mass is 9.97. The van der Waals surface area contributed by atoms with Gasteiger partial charge < -0.3 is 15.1 Å². The van der Waals surface area contributed by atoms with Crippen LogP contribution < -0.4 is 5.32 Å². The summed E-state index contributed by atoms with van der Waals surface area (Å²) in [5.41, 5.74) is 0. The summed E-state index contributed by atoms with van der Waals surface area (Å²) in [5.74, 6) is 0.772. The summed E-state index contributed by atoms with van der Waals surface area (Å²) in [7, 11) is 0. The van der Waals surface area contributed by atoms with Crippen LogP contribution in [-0.2, 0) is 9.59 Å². The fourth-order valence-corrected chi connectivity index (χ4v) is 4.32. The first-order valence-electron chi connectivity index (χ1n) is 9.39. The molecular formula is C18H32ClN3O2. The predicted molar refractivity (Wildman–Crippen MR) is 97.2 cm³/mol. The normalized spacial score (nSPS) is 28.5. The van der Waals surface area contributed by atoms with Crippen LogP contribution in [0.4, 0.5) is 0 Å². The lowest BCUT2D eigenvalue weighted by Crippen LogP contribution is -2.54. The Labute approximate surface area is 151 Å². The van der Waals surface area contributed by atoms with Crippen LogP contribution in [-0.4, -0.2) is 59.4 Å². The Balaban J connectivity index is 0.00000208. The summed E-state index contributed by atoms with van der Waals surface area (Å²) in [4.78, 5) is 29.5. The Hall–Kier alpha value is -0.810. The number of halogens is 1. The molecule has 6 heteroatoms. The zero-order valence-corrected chi connectivity index (χ0v) is 15.8. The Kier molecular flexibility index (Phi) is 6.93. The molecule has 3 aliphatic heterocycles. The summed E-state index contributed by atoms with van der Waals surface area (Å²) in [5, 5.41) is 3.63. The fraction of sp³-hybridized carbons (Fsp3) is 0.889. The maximum atomic E-state index is 13.2. The minimum absolute atomic E-state index is 0. The standard InChI is InChI=1S/C18H31N3O2.ClH/c1-13(2)11-16(21-9-4-3-5-17(21)22)18(23)20-10-8-14-6-7-15(12-20)19-14;/h13-16,19H,3-12H2,1-2H3;1H. The van der Waals surface area contributed by atoms with Gasteiger partial charge >= 0.3 is 0 Å². The van der Waals surface area contributed by atoms with Gasteiger partial charge in [-0.15, -0.1) is 12.4 Å². The molecule has 3 heterocycles. The van der Waals surface area contributed by atoms with Crippen molar-refractivity contribution >= 4 is 24.2 Å². The SMILES string of the molecule is CC(C)CC(C(=O)N1CCC2CCC(C1)N2)N1CCCCC1=O.Cl. The highest BCUT2D eigenvalue weighted by Crippen LogP contribution is 2.24. The van der Waals surface area contributed by atoms with Gasteiger partial charge in [-0.05, 0) is 44.4 Å². The van der Waals surface area contributed by atoms with Crippen molar-refractivity contribution in [1.82, 2.24) is 15.1 Å². The van der Waals surface area contributed by atoms with Crippen molar-refractivity contribution < 1.29 is 9.59 Å². The van der Waals surface area contributed by atoms with E-state index in [1.54, 1.807) is 0 Å². The molecule has 3 atom stereocenters. The molecule has 2 amide bonds. The van der Waals surface area contributed by atoms with Gasteiger partial charge in [-0.2, -0.15) is 0 Å². The van der Waals surface area contributed by atoms with Gasteiger partial charge in [0.1, 0.15) is 6.04 Å². The van der Waals surface area contributed by atoms with Crippen LogP contribution in [0.1, 0.15) is 58.8 Å². The number of amides is 2. The van der Waals surface area contributed by atoms with Gasteiger partial charge in [-0.25, -0.2) is 0 Å². The summed E-state index contributed by atoms with van der Waals surface area (Å²) in [6, 6.07) is 0.778. The number of piperidine rings is 1. The van der Waals surface area contributed by atoms with Crippen LogP contribution in [0.25, 0.3) is 0 Å².